The average Bonchev–Trinajstić information content (AvgIpc) is 2.98. The molecule has 0 saturated carbocycles. The van der Waals surface area contributed by atoms with Crippen LogP contribution in [0.3, 0.4) is 0 Å². The third-order valence-corrected chi connectivity index (χ3v) is 4.61. The maximum absolute atomic E-state index is 5.11. The Kier molecular flexibility index (Phi) is 5.34. The first-order valence-corrected chi connectivity index (χ1v) is 8.67. The lowest BCUT2D eigenvalue weighted by Gasteiger charge is -2.36. The summed E-state index contributed by atoms with van der Waals surface area (Å²) in [6, 6.07) is 10.9. The smallest absolute Gasteiger partial charge is 0.133 e. The van der Waals surface area contributed by atoms with Crippen molar-refractivity contribution in [3.63, 3.8) is 0 Å². The molecule has 1 aliphatic heterocycles. The summed E-state index contributed by atoms with van der Waals surface area (Å²) < 4.78 is 5.11. The van der Waals surface area contributed by atoms with Crippen molar-refractivity contribution in [2.75, 3.05) is 37.6 Å². The van der Waals surface area contributed by atoms with Gasteiger partial charge in [-0.15, -0.1) is 0 Å². The van der Waals surface area contributed by atoms with E-state index >= 15 is 0 Å². The largest absolute Gasteiger partial charge is 0.369 e. The zero-order valence-electron chi connectivity index (χ0n) is 14.3. The number of aromatic nitrogens is 1. The van der Waals surface area contributed by atoms with Crippen molar-refractivity contribution in [1.82, 2.24) is 10.1 Å². The van der Waals surface area contributed by atoms with E-state index in [9.17, 15) is 0 Å². The summed E-state index contributed by atoms with van der Waals surface area (Å²) in [6.45, 7) is 9.87. The Hall–Kier alpha value is -1.81. The van der Waals surface area contributed by atoms with Gasteiger partial charge in [-0.3, -0.25) is 4.90 Å². The van der Waals surface area contributed by atoms with E-state index in [1.54, 1.807) is 0 Å². The molecule has 0 aliphatic carbocycles. The SMILES string of the molecule is Cc1ccc(N2CCN(CCCCc3cc(C)on3)CC2)cc1. The summed E-state index contributed by atoms with van der Waals surface area (Å²) in [6.07, 6.45) is 3.45. The Bertz CT molecular complexity index is 597. The Morgan fingerprint density at radius 2 is 1.74 bits per heavy atom. The molecule has 0 unspecified atom stereocenters. The van der Waals surface area contributed by atoms with Gasteiger partial charge in [0.2, 0.25) is 0 Å². The zero-order valence-corrected chi connectivity index (χ0v) is 14.3. The molecule has 0 amide bonds. The van der Waals surface area contributed by atoms with Gasteiger partial charge in [0, 0.05) is 37.9 Å². The highest BCUT2D eigenvalue weighted by Crippen LogP contribution is 2.17. The molecule has 2 aromatic rings. The van der Waals surface area contributed by atoms with E-state index in [1.165, 1.54) is 30.6 Å². The van der Waals surface area contributed by atoms with Crippen LogP contribution in [0.2, 0.25) is 0 Å². The monoisotopic (exact) mass is 313 g/mol. The Labute approximate surface area is 139 Å². The number of piperazine rings is 1. The minimum Gasteiger partial charge on any atom is -0.369 e. The minimum atomic E-state index is 0.909. The lowest BCUT2D eigenvalue weighted by Crippen LogP contribution is -2.46. The first-order chi connectivity index (χ1) is 11.2. The highest BCUT2D eigenvalue weighted by atomic mass is 16.5. The summed E-state index contributed by atoms with van der Waals surface area (Å²) in [5.41, 5.74) is 3.78. The van der Waals surface area contributed by atoms with Crippen LogP contribution in [0.15, 0.2) is 34.9 Å². The molecular formula is C19H27N3O. The van der Waals surface area contributed by atoms with Crippen LogP contribution in [0.25, 0.3) is 0 Å². The van der Waals surface area contributed by atoms with Gasteiger partial charge < -0.3 is 9.42 Å². The van der Waals surface area contributed by atoms with Crippen molar-refractivity contribution < 1.29 is 4.52 Å². The van der Waals surface area contributed by atoms with Crippen LogP contribution in [0.4, 0.5) is 5.69 Å². The summed E-state index contributed by atoms with van der Waals surface area (Å²) in [7, 11) is 0. The van der Waals surface area contributed by atoms with Gasteiger partial charge in [0.15, 0.2) is 0 Å². The number of aryl methyl sites for hydroxylation is 3. The van der Waals surface area contributed by atoms with E-state index in [-0.39, 0.29) is 0 Å². The highest BCUT2D eigenvalue weighted by Gasteiger charge is 2.16. The minimum absolute atomic E-state index is 0.909. The van der Waals surface area contributed by atoms with Crippen LogP contribution in [-0.4, -0.2) is 42.8 Å². The molecule has 0 bridgehead atoms. The second-order valence-electron chi connectivity index (χ2n) is 6.55. The van der Waals surface area contributed by atoms with Crippen LogP contribution >= 0.6 is 0 Å². The Morgan fingerprint density at radius 3 is 2.39 bits per heavy atom. The van der Waals surface area contributed by atoms with Crippen LogP contribution in [-0.2, 0) is 6.42 Å². The molecule has 4 nitrogen and oxygen atoms in total. The summed E-state index contributed by atoms with van der Waals surface area (Å²) >= 11 is 0. The molecule has 124 valence electrons. The van der Waals surface area contributed by atoms with E-state index in [4.69, 9.17) is 4.52 Å². The first-order valence-electron chi connectivity index (χ1n) is 8.67. The number of hydrogen-bond acceptors (Lipinski definition) is 4. The molecule has 1 aliphatic rings. The lowest BCUT2D eigenvalue weighted by atomic mass is 10.1. The van der Waals surface area contributed by atoms with E-state index < -0.39 is 0 Å². The van der Waals surface area contributed by atoms with E-state index in [0.29, 0.717) is 0 Å². The number of nitrogens with zero attached hydrogens (tertiary/aromatic N) is 3. The molecular weight excluding hydrogens is 286 g/mol. The molecule has 1 saturated heterocycles. The van der Waals surface area contributed by atoms with Crippen molar-refractivity contribution in [1.29, 1.82) is 0 Å². The average molecular weight is 313 g/mol. The number of rotatable bonds is 6. The van der Waals surface area contributed by atoms with Gasteiger partial charge in [-0.25, -0.2) is 0 Å². The fraction of sp³-hybridized carbons (Fsp3) is 0.526. The predicted octanol–water partition coefficient (Wildman–Crippen LogP) is 3.44. The van der Waals surface area contributed by atoms with Crippen LogP contribution < -0.4 is 4.90 Å². The normalized spacial score (nSPS) is 16.0. The standard InChI is InChI=1S/C19H27N3O/c1-16-6-8-19(9-7-16)22-13-11-21(12-14-22)10-4-3-5-18-15-17(2)23-20-18/h6-9,15H,3-5,10-14H2,1-2H3. The quantitative estimate of drug-likeness (QED) is 0.765. The van der Waals surface area contributed by atoms with E-state index in [2.05, 4.69) is 46.1 Å². The third-order valence-electron chi connectivity index (χ3n) is 4.61. The molecule has 0 atom stereocenters. The molecule has 0 N–H and O–H groups in total. The van der Waals surface area contributed by atoms with Crippen molar-refractivity contribution in [2.24, 2.45) is 0 Å². The molecule has 1 aromatic heterocycles. The fourth-order valence-corrected chi connectivity index (χ4v) is 3.16. The molecule has 1 aromatic carbocycles. The third kappa shape index (κ3) is 4.58. The molecule has 23 heavy (non-hydrogen) atoms. The number of unbranched alkanes of at least 4 members (excludes halogenated alkanes) is 1. The summed E-state index contributed by atoms with van der Waals surface area (Å²) in [4.78, 5) is 5.08. The first kappa shape index (κ1) is 16.1. The maximum Gasteiger partial charge on any atom is 0.133 e. The second kappa shape index (κ2) is 7.64. The topological polar surface area (TPSA) is 32.5 Å². The van der Waals surface area contributed by atoms with Crippen LogP contribution in [0.5, 0.6) is 0 Å². The van der Waals surface area contributed by atoms with Gasteiger partial charge in [-0.2, -0.15) is 0 Å². The van der Waals surface area contributed by atoms with E-state index in [0.717, 1.165) is 44.1 Å². The van der Waals surface area contributed by atoms with Crippen molar-refractivity contribution in [3.8, 4) is 0 Å². The Balaban J connectivity index is 1.35. The molecule has 4 heteroatoms. The van der Waals surface area contributed by atoms with Crippen molar-refractivity contribution in [3.05, 3.63) is 47.3 Å². The Morgan fingerprint density at radius 1 is 1.00 bits per heavy atom. The maximum atomic E-state index is 5.11. The lowest BCUT2D eigenvalue weighted by molar-refractivity contribution is 0.253. The fourth-order valence-electron chi connectivity index (χ4n) is 3.16. The van der Waals surface area contributed by atoms with Crippen molar-refractivity contribution >= 4 is 5.69 Å². The second-order valence-corrected chi connectivity index (χ2v) is 6.55. The zero-order chi connectivity index (χ0) is 16.1. The summed E-state index contributed by atoms with van der Waals surface area (Å²) in [5, 5.41) is 4.05. The highest BCUT2D eigenvalue weighted by molar-refractivity contribution is 5.47. The van der Waals surface area contributed by atoms with Gasteiger partial charge in [-0.1, -0.05) is 22.9 Å². The van der Waals surface area contributed by atoms with E-state index in [1.807, 2.05) is 13.0 Å². The van der Waals surface area contributed by atoms with Crippen molar-refractivity contribution in [2.45, 2.75) is 33.1 Å². The van der Waals surface area contributed by atoms with Crippen LogP contribution in [0, 0.1) is 13.8 Å². The number of anilines is 1. The van der Waals surface area contributed by atoms with Gasteiger partial charge in [0.05, 0.1) is 5.69 Å². The predicted molar refractivity (Wildman–Crippen MR) is 94.0 cm³/mol. The van der Waals surface area contributed by atoms with Gasteiger partial charge in [0.1, 0.15) is 5.76 Å². The van der Waals surface area contributed by atoms with Gasteiger partial charge in [-0.05, 0) is 51.8 Å². The molecule has 3 rings (SSSR count). The number of benzene rings is 1. The molecule has 0 radical (unpaired) electrons. The molecule has 0 spiro atoms. The summed E-state index contributed by atoms with van der Waals surface area (Å²) in [5.74, 6) is 0.909. The van der Waals surface area contributed by atoms with Gasteiger partial charge in [0.25, 0.3) is 0 Å². The molecule has 1 fully saturated rings. The molecule has 2 heterocycles. The van der Waals surface area contributed by atoms with Gasteiger partial charge >= 0.3 is 0 Å². The number of hydrogen-bond donors (Lipinski definition) is 0. The van der Waals surface area contributed by atoms with Crippen LogP contribution in [0.1, 0.15) is 29.9 Å².